The predicted octanol–water partition coefficient (Wildman–Crippen LogP) is 5.78. The molecule has 6 nitrogen and oxygen atoms in total. The molecule has 1 fully saturated rings. The van der Waals surface area contributed by atoms with E-state index in [2.05, 4.69) is 24.3 Å². The van der Waals surface area contributed by atoms with Crippen molar-refractivity contribution in [1.82, 2.24) is 0 Å². The van der Waals surface area contributed by atoms with E-state index in [1.807, 2.05) is 24.3 Å². The molecule has 2 amide bonds. The molecule has 0 unspecified atom stereocenters. The van der Waals surface area contributed by atoms with Crippen molar-refractivity contribution in [1.29, 1.82) is 0 Å². The Balaban J connectivity index is 1.13. The smallest absolute Gasteiger partial charge is 0.338 e. The minimum atomic E-state index is -0.675. The number of halogens is 1. The van der Waals surface area contributed by atoms with Gasteiger partial charge in [-0.2, -0.15) is 0 Å². The molecule has 2 bridgehead atoms. The first-order valence-corrected chi connectivity index (χ1v) is 13.4. The van der Waals surface area contributed by atoms with Crippen LogP contribution in [0.3, 0.4) is 0 Å². The topological polar surface area (TPSA) is 80.8 Å². The molecule has 1 saturated heterocycles. The van der Waals surface area contributed by atoms with Crippen molar-refractivity contribution in [2.45, 2.75) is 11.8 Å². The minimum Gasteiger partial charge on any atom is -0.454 e. The summed E-state index contributed by atoms with van der Waals surface area (Å²) in [5, 5.41) is 0.504. The fourth-order valence-electron chi connectivity index (χ4n) is 6.61. The standard InChI is InChI=1S/C33H22ClNO5/c34-20-13-9-18(10-14-20)26(36)17-40-33(39)19-11-15-21(16-12-19)35-31(37)29-27-22-5-1-2-6-23(22)28(30(29)32(35)38)25-8-4-3-7-24(25)27/h1-16,27-30H,17H2/t27?,28?,29-,30+. The summed E-state index contributed by atoms with van der Waals surface area (Å²) >= 11 is 5.85. The van der Waals surface area contributed by atoms with Gasteiger partial charge in [-0.3, -0.25) is 14.4 Å². The first-order valence-electron chi connectivity index (χ1n) is 13.1. The lowest BCUT2D eigenvalue weighted by molar-refractivity contribution is -0.122. The molecule has 2 atom stereocenters. The van der Waals surface area contributed by atoms with Gasteiger partial charge in [-0.05, 0) is 70.8 Å². The van der Waals surface area contributed by atoms with Crippen LogP contribution in [-0.2, 0) is 14.3 Å². The summed E-state index contributed by atoms with van der Waals surface area (Å²) < 4.78 is 5.20. The number of carbonyl (C=O) groups is 4. The molecule has 0 saturated carbocycles. The van der Waals surface area contributed by atoms with Crippen LogP contribution in [0.1, 0.15) is 54.8 Å². The molecule has 40 heavy (non-hydrogen) atoms. The van der Waals surface area contributed by atoms with E-state index >= 15 is 0 Å². The van der Waals surface area contributed by atoms with Crippen molar-refractivity contribution in [3.8, 4) is 0 Å². The Morgan fingerprint density at radius 3 is 1.57 bits per heavy atom. The second-order valence-corrected chi connectivity index (χ2v) is 10.8. The van der Waals surface area contributed by atoms with Crippen molar-refractivity contribution < 1.29 is 23.9 Å². The number of esters is 1. The van der Waals surface area contributed by atoms with Gasteiger partial charge in [0, 0.05) is 22.4 Å². The van der Waals surface area contributed by atoms with E-state index in [0.717, 1.165) is 22.3 Å². The molecule has 4 aromatic carbocycles. The van der Waals surface area contributed by atoms with Gasteiger partial charge in [-0.15, -0.1) is 0 Å². The number of nitrogens with zero attached hydrogens (tertiary/aromatic N) is 1. The molecule has 3 aliphatic carbocycles. The SMILES string of the molecule is O=C(COC(=O)c1ccc(N2C(=O)[C@@H]3C4c5ccccc5C(c5ccccc54)[C@@H]3C2=O)cc1)c1ccc(Cl)cc1. The number of ketones is 1. The summed E-state index contributed by atoms with van der Waals surface area (Å²) in [7, 11) is 0. The van der Waals surface area contributed by atoms with Gasteiger partial charge in [0.25, 0.3) is 0 Å². The number of benzene rings is 4. The zero-order valence-corrected chi connectivity index (χ0v) is 21.9. The monoisotopic (exact) mass is 547 g/mol. The number of rotatable bonds is 5. The van der Waals surface area contributed by atoms with Gasteiger partial charge in [-0.25, -0.2) is 9.69 Å². The third-order valence-electron chi connectivity index (χ3n) is 8.31. The number of carbonyl (C=O) groups excluding carboxylic acids is 4. The Morgan fingerprint density at radius 1 is 0.650 bits per heavy atom. The molecule has 4 aliphatic rings. The quantitative estimate of drug-likeness (QED) is 0.180. The molecule has 196 valence electrons. The second-order valence-electron chi connectivity index (χ2n) is 10.3. The normalized spacial score (nSPS) is 22.0. The lowest BCUT2D eigenvalue weighted by Crippen LogP contribution is -2.41. The lowest BCUT2D eigenvalue weighted by Gasteiger charge is -2.45. The van der Waals surface area contributed by atoms with Crippen molar-refractivity contribution in [3.05, 3.63) is 135 Å². The predicted molar refractivity (Wildman–Crippen MR) is 149 cm³/mol. The first kappa shape index (κ1) is 24.5. The maximum atomic E-state index is 13.9. The Bertz CT molecular complexity index is 1600. The van der Waals surface area contributed by atoms with Crippen molar-refractivity contribution in [2.24, 2.45) is 11.8 Å². The van der Waals surface area contributed by atoms with Crippen molar-refractivity contribution in [2.75, 3.05) is 11.5 Å². The van der Waals surface area contributed by atoms with E-state index in [0.29, 0.717) is 16.3 Å². The summed E-state index contributed by atoms with van der Waals surface area (Å²) in [4.78, 5) is 54.0. The van der Waals surface area contributed by atoms with Gasteiger partial charge in [0.1, 0.15) is 0 Å². The fraction of sp³-hybridized carbons (Fsp3) is 0.152. The zero-order chi connectivity index (χ0) is 27.5. The molecule has 0 spiro atoms. The fourth-order valence-corrected chi connectivity index (χ4v) is 6.74. The number of imide groups is 1. The van der Waals surface area contributed by atoms with E-state index in [-0.39, 0.29) is 35.0 Å². The summed E-state index contributed by atoms with van der Waals surface area (Å²) in [5.41, 5.74) is 5.46. The summed E-state index contributed by atoms with van der Waals surface area (Å²) in [6.07, 6.45) is 0. The van der Waals surface area contributed by atoms with Crippen LogP contribution < -0.4 is 4.90 Å². The average molecular weight is 548 g/mol. The Kier molecular flexibility index (Phi) is 5.68. The number of hydrogen-bond acceptors (Lipinski definition) is 5. The highest BCUT2D eigenvalue weighted by atomic mass is 35.5. The highest BCUT2D eigenvalue weighted by Gasteiger charge is 2.61. The lowest BCUT2D eigenvalue weighted by atomic mass is 9.55. The Labute approximate surface area is 235 Å². The maximum absolute atomic E-state index is 13.9. The van der Waals surface area contributed by atoms with Gasteiger partial charge in [0.15, 0.2) is 12.4 Å². The van der Waals surface area contributed by atoms with Gasteiger partial charge >= 0.3 is 5.97 Å². The van der Waals surface area contributed by atoms with E-state index in [9.17, 15) is 19.2 Å². The highest BCUT2D eigenvalue weighted by Crippen LogP contribution is 2.61. The van der Waals surface area contributed by atoms with Crippen LogP contribution >= 0.6 is 11.6 Å². The number of hydrogen-bond donors (Lipinski definition) is 0. The summed E-state index contributed by atoms with van der Waals surface area (Å²) in [6.45, 7) is -0.418. The molecule has 1 heterocycles. The molecular formula is C33H22ClNO5. The van der Waals surface area contributed by atoms with Crippen LogP contribution in [0.15, 0.2) is 97.1 Å². The Hall–Kier alpha value is -4.55. The molecule has 8 rings (SSSR count). The molecule has 0 aromatic heterocycles. The molecule has 4 aromatic rings. The number of ether oxygens (including phenoxy) is 1. The third kappa shape index (κ3) is 3.63. The molecular weight excluding hydrogens is 526 g/mol. The van der Waals surface area contributed by atoms with E-state index in [4.69, 9.17) is 16.3 Å². The summed E-state index contributed by atoms with van der Waals surface area (Å²) in [5.74, 6) is -2.81. The van der Waals surface area contributed by atoms with Gasteiger partial charge < -0.3 is 4.74 Å². The van der Waals surface area contributed by atoms with Crippen LogP contribution in [0.4, 0.5) is 5.69 Å². The minimum absolute atomic E-state index is 0.184. The maximum Gasteiger partial charge on any atom is 0.338 e. The van der Waals surface area contributed by atoms with Crippen LogP contribution in [0.5, 0.6) is 0 Å². The first-order chi connectivity index (χ1) is 19.4. The van der Waals surface area contributed by atoms with Gasteiger partial charge in [-0.1, -0.05) is 60.1 Å². The number of amides is 2. The van der Waals surface area contributed by atoms with Crippen LogP contribution in [0, 0.1) is 11.8 Å². The molecule has 1 aliphatic heterocycles. The molecule has 7 heteroatoms. The van der Waals surface area contributed by atoms with Gasteiger partial charge in [0.2, 0.25) is 11.8 Å². The van der Waals surface area contributed by atoms with Crippen LogP contribution in [-0.4, -0.2) is 30.2 Å². The Morgan fingerprint density at radius 2 is 1.10 bits per heavy atom. The molecule has 0 radical (unpaired) electrons. The second kappa shape index (κ2) is 9.28. The van der Waals surface area contributed by atoms with E-state index < -0.39 is 24.4 Å². The average Bonchev–Trinajstić information content (AvgIpc) is 3.26. The van der Waals surface area contributed by atoms with Crippen molar-refractivity contribution in [3.63, 3.8) is 0 Å². The zero-order valence-electron chi connectivity index (χ0n) is 21.1. The van der Waals surface area contributed by atoms with Crippen LogP contribution in [0.25, 0.3) is 0 Å². The van der Waals surface area contributed by atoms with Crippen LogP contribution in [0.2, 0.25) is 5.02 Å². The van der Waals surface area contributed by atoms with Crippen molar-refractivity contribution >= 4 is 40.9 Å². The summed E-state index contributed by atoms with van der Waals surface area (Å²) in [6, 6.07) is 28.7. The number of Topliss-reactive ketones (excluding diaryl/α,β-unsaturated/α-hetero) is 1. The third-order valence-corrected chi connectivity index (χ3v) is 8.56. The molecule has 0 N–H and O–H groups in total. The highest BCUT2D eigenvalue weighted by molar-refractivity contribution is 6.30. The van der Waals surface area contributed by atoms with Gasteiger partial charge in [0.05, 0.1) is 23.1 Å². The largest absolute Gasteiger partial charge is 0.454 e. The van der Waals surface area contributed by atoms with E-state index in [1.54, 1.807) is 36.4 Å². The van der Waals surface area contributed by atoms with E-state index in [1.165, 1.54) is 17.0 Å². The number of anilines is 1.